The van der Waals surface area contributed by atoms with Gasteiger partial charge in [-0.3, -0.25) is 0 Å². The van der Waals surface area contributed by atoms with Crippen molar-refractivity contribution in [3.05, 3.63) is 29.6 Å². The molecule has 6 heteroatoms. The number of phenolic OH excluding ortho intramolecular Hbond substituents is 1. The van der Waals surface area contributed by atoms with E-state index in [1.807, 2.05) is 0 Å². The summed E-state index contributed by atoms with van der Waals surface area (Å²) in [5.74, 6) is -0.183. The molecular weight excluding hydrogens is 348 g/mol. The molecule has 4 nitrogen and oxygen atoms in total. The predicted octanol–water partition coefficient (Wildman–Crippen LogP) is 2.21. The van der Waals surface area contributed by atoms with Crippen LogP contribution >= 0.6 is 24.0 Å². The van der Waals surface area contributed by atoms with Crippen LogP contribution in [0.3, 0.4) is 0 Å². The maximum Gasteiger partial charge on any atom is 0.188 e. The van der Waals surface area contributed by atoms with Crippen LogP contribution < -0.4 is 11.1 Å². The Hall–Kier alpha value is -1.05. The van der Waals surface area contributed by atoms with Crippen LogP contribution in [0, 0.1) is 11.7 Å². The number of guanidine groups is 1. The van der Waals surface area contributed by atoms with Gasteiger partial charge < -0.3 is 16.2 Å². The largest absolute Gasteiger partial charge is 0.505 e. The predicted molar refractivity (Wildman–Crippen MR) is 81.6 cm³/mol. The highest BCUT2D eigenvalue weighted by molar-refractivity contribution is 14.0. The van der Waals surface area contributed by atoms with Crippen molar-refractivity contribution >= 4 is 29.9 Å². The molecular formula is C12H19FIN3O. The first-order valence-electron chi connectivity index (χ1n) is 5.50. The summed E-state index contributed by atoms with van der Waals surface area (Å²) in [5.41, 5.74) is 6.30. The summed E-state index contributed by atoms with van der Waals surface area (Å²) in [5, 5.41) is 12.0. The first kappa shape index (κ1) is 16.9. The number of nitrogens with zero attached hydrogens (tertiary/aromatic N) is 1. The quantitative estimate of drug-likeness (QED) is 0.434. The van der Waals surface area contributed by atoms with Crippen LogP contribution in [-0.4, -0.2) is 17.6 Å². The van der Waals surface area contributed by atoms with Gasteiger partial charge in [-0.1, -0.05) is 19.9 Å². The summed E-state index contributed by atoms with van der Waals surface area (Å²) < 4.78 is 13.0. The lowest BCUT2D eigenvalue weighted by Gasteiger charge is -2.07. The molecule has 0 amide bonds. The molecule has 102 valence electrons. The Morgan fingerprint density at radius 1 is 1.50 bits per heavy atom. The Labute approximate surface area is 124 Å². The van der Waals surface area contributed by atoms with Gasteiger partial charge in [0, 0.05) is 6.54 Å². The summed E-state index contributed by atoms with van der Waals surface area (Å²) in [7, 11) is 0. The molecule has 0 aliphatic heterocycles. The van der Waals surface area contributed by atoms with E-state index in [9.17, 15) is 4.39 Å². The number of rotatable bonds is 4. The van der Waals surface area contributed by atoms with E-state index in [-0.39, 0.29) is 36.3 Å². The van der Waals surface area contributed by atoms with E-state index in [0.29, 0.717) is 17.4 Å². The van der Waals surface area contributed by atoms with Gasteiger partial charge >= 0.3 is 0 Å². The summed E-state index contributed by atoms with van der Waals surface area (Å²) >= 11 is 0. The number of aromatic hydroxyl groups is 1. The van der Waals surface area contributed by atoms with Crippen LogP contribution in [0.5, 0.6) is 5.75 Å². The highest BCUT2D eigenvalue weighted by Gasteiger charge is 2.01. The van der Waals surface area contributed by atoms with Crippen molar-refractivity contribution in [2.24, 2.45) is 16.6 Å². The number of aliphatic imine (C=N–C) groups is 1. The molecule has 4 N–H and O–H groups in total. The van der Waals surface area contributed by atoms with Crippen LogP contribution in [0.1, 0.15) is 19.4 Å². The van der Waals surface area contributed by atoms with E-state index < -0.39 is 5.82 Å². The Balaban J connectivity index is 0.00000289. The molecule has 0 aliphatic carbocycles. The maximum atomic E-state index is 13.0. The second-order valence-corrected chi connectivity index (χ2v) is 4.26. The molecule has 0 saturated heterocycles. The van der Waals surface area contributed by atoms with Crippen molar-refractivity contribution in [2.75, 3.05) is 6.54 Å². The zero-order chi connectivity index (χ0) is 12.8. The smallest absolute Gasteiger partial charge is 0.188 e. The van der Waals surface area contributed by atoms with Gasteiger partial charge in [0.25, 0.3) is 0 Å². The fraction of sp³-hybridized carbons (Fsp3) is 0.417. The number of hydrogen-bond donors (Lipinski definition) is 3. The first-order chi connectivity index (χ1) is 7.99. The second-order valence-electron chi connectivity index (χ2n) is 4.26. The number of nitrogens with one attached hydrogen (secondary N) is 1. The normalized spacial score (nSPS) is 11.2. The second kappa shape index (κ2) is 8.12. The Morgan fingerprint density at radius 2 is 2.17 bits per heavy atom. The lowest BCUT2D eigenvalue weighted by atomic mass is 10.2. The summed E-state index contributed by atoms with van der Waals surface area (Å²) in [6.45, 7) is 5.17. The average molecular weight is 367 g/mol. The fourth-order valence-electron chi connectivity index (χ4n) is 1.19. The van der Waals surface area contributed by atoms with Gasteiger partial charge in [0.1, 0.15) is 0 Å². The van der Waals surface area contributed by atoms with E-state index in [0.717, 1.165) is 6.54 Å². The molecule has 0 aromatic heterocycles. The first-order valence-corrected chi connectivity index (χ1v) is 5.50. The average Bonchev–Trinajstić information content (AvgIpc) is 2.28. The van der Waals surface area contributed by atoms with Gasteiger partial charge in [0.15, 0.2) is 17.5 Å². The Bertz CT molecular complexity index is 410. The molecule has 1 aromatic carbocycles. The van der Waals surface area contributed by atoms with Crippen LogP contribution in [0.15, 0.2) is 23.2 Å². The molecule has 0 spiro atoms. The molecule has 1 aromatic rings. The van der Waals surface area contributed by atoms with Gasteiger partial charge in [0.05, 0.1) is 6.54 Å². The molecule has 0 heterocycles. The minimum Gasteiger partial charge on any atom is -0.505 e. The van der Waals surface area contributed by atoms with Crippen molar-refractivity contribution in [3.63, 3.8) is 0 Å². The number of phenols is 1. The Kier molecular flexibility index (Phi) is 7.65. The number of halogens is 2. The molecule has 0 aliphatic rings. The third-order valence-corrected chi connectivity index (χ3v) is 2.14. The van der Waals surface area contributed by atoms with E-state index in [1.54, 1.807) is 6.07 Å². The van der Waals surface area contributed by atoms with Gasteiger partial charge in [-0.25, -0.2) is 9.38 Å². The minimum absolute atomic E-state index is 0. The standard InChI is InChI=1S/C12H18FN3O.HI/c1-8(2)6-15-12(14)16-7-9-3-4-11(17)10(13)5-9;/h3-5,8,17H,6-7H2,1-2H3,(H3,14,15,16);1H. The molecule has 0 radical (unpaired) electrons. The van der Waals surface area contributed by atoms with Crippen molar-refractivity contribution < 1.29 is 9.50 Å². The topological polar surface area (TPSA) is 70.6 Å². The molecule has 18 heavy (non-hydrogen) atoms. The SMILES string of the molecule is CC(C)CNC(N)=NCc1ccc(O)c(F)c1.I. The molecule has 0 unspecified atom stereocenters. The van der Waals surface area contributed by atoms with Gasteiger partial charge in [-0.2, -0.15) is 0 Å². The highest BCUT2D eigenvalue weighted by atomic mass is 127. The van der Waals surface area contributed by atoms with Crippen molar-refractivity contribution in [1.82, 2.24) is 5.32 Å². The molecule has 0 fully saturated rings. The van der Waals surface area contributed by atoms with E-state index in [4.69, 9.17) is 10.8 Å². The van der Waals surface area contributed by atoms with E-state index in [1.165, 1.54) is 12.1 Å². The molecule has 1 rings (SSSR count). The van der Waals surface area contributed by atoms with Crippen molar-refractivity contribution in [2.45, 2.75) is 20.4 Å². The van der Waals surface area contributed by atoms with E-state index >= 15 is 0 Å². The minimum atomic E-state index is -0.647. The van der Waals surface area contributed by atoms with Gasteiger partial charge in [0.2, 0.25) is 0 Å². The zero-order valence-electron chi connectivity index (χ0n) is 10.5. The third kappa shape index (κ3) is 6.04. The van der Waals surface area contributed by atoms with Gasteiger partial charge in [-0.15, -0.1) is 24.0 Å². The zero-order valence-corrected chi connectivity index (χ0v) is 12.8. The summed E-state index contributed by atoms with van der Waals surface area (Å²) in [6.07, 6.45) is 0. The van der Waals surface area contributed by atoms with Crippen molar-refractivity contribution in [3.8, 4) is 5.75 Å². The van der Waals surface area contributed by atoms with Crippen LogP contribution in [0.2, 0.25) is 0 Å². The van der Waals surface area contributed by atoms with Crippen LogP contribution in [0.25, 0.3) is 0 Å². The lowest BCUT2D eigenvalue weighted by Crippen LogP contribution is -2.34. The van der Waals surface area contributed by atoms with Gasteiger partial charge in [-0.05, 0) is 23.6 Å². The summed E-state index contributed by atoms with van der Waals surface area (Å²) in [6, 6.07) is 4.16. The molecule has 0 atom stereocenters. The van der Waals surface area contributed by atoms with Crippen LogP contribution in [0.4, 0.5) is 4.39 Å². The summed E-state index contributed by atoms with van der Waals surface area (Å²) in [4.78, 5) is 4.07. The number of benzene rings is 1. The third-order valence-electron chi connectivity index (χ3n) is 2.14. The number of hydrogen-bond acceptors (Lipinski definition) is 2. The highest BCUT2D eigenvalue weighted by Crippen LogP contribution is 2.16. The lowest BCUT2D eigenvalue weighted by molar-refractivity contribution is 0.432. The van der Waals surface area contributed by atoms with Crippen molar-refractivity contribution in [1.29, 1.82) is 0 Å². The molecule has 0 bridgehead atoms. The number of nitrogens with two attached hydrogens (primary N) is 1. The van der Waals surface area contributed by atoms with Crippen LogP contribution in [-0.2, 0) is 6.54 Å². The fourth-order valence-corrected chi connectivity index (χ4v) is 1.19. The Morgan fingerprint density at radius 3 is 2.72 bits per heavy atom. The monoisotopic (exact) mass is 367 g/mol. The van der Waals surface area contributed by atoms with E-state index in [2.05, 4.69) is 24.2 Å². The maximum absolute atomic E-state index is 13.0. The molecule has 0 saturated carbocycles.